The van der Waals surface area contributed by atoms with Crippen molar-refractivity contribution >= 4 is 40.7 Å². The van der Waals surface area contributed by atoms with Gasteiger partial charge in [-0.25, -0.2) is 14.7 Å². The van der Waals surface area contributed by atoms with Crippen molar-refractivity contribution < 1.29 is 4.79 Å². The summed E-state index contributed by atoms with van der Waals surface area (Å²) in [5, 5.41) is 7.65. The number of anilines is 1. The minimum Gasteiger partial charge on any atom is -0.381 e. The Labute approximate surface area is 232 Å². The lowest BCUT2D eigenvalue weighted by Gasteiger charge is -2.20. The molecule has 0 bridgehead atoms. The van der Waals surface area contributed by atoms with Crippen LogP contribution in [-0.2, 0) is 7.05 Å². The van der Waals surface area contributed by atoms with Crippen molar-refractivity contribution in [3.63, 3.8) is 0 Å². The van der Waals surface area contributed by atoms with Gasteiger partial charge in [-0.1, -0.05) is 68.0 Å². The molecule has 3 N–H and O–H groups in total. The summed E-state index contributed by atoms with van der Waals surface area (Å²) in [5.74, 6) is 0.806. The van der Waals surface area contributed by atoms with Crippen molar-refractivity contribution in [1.82, 2.24) is 24.6 Å². The van der Waals surface area contributed by atoms with Gasteiger partial charge in [0, 0.05) is 13.3 Å². The van der Waals surface area contributed by atoms with Crippen LogP contribution in [0.1, 0.15) is 60.4 Å². The summed E-state index contributed by atoms with van der Waals surface area (Å²) in [5.41, 5.74) is 8.07. The fourth-order valence-electron chi connectivity index (χ4n) is 5.28. The lowest BCUT2D eigenvalue weighted by Crippen LogP contribution is -2.33. The third kappa shape index (κ3) is 5.22. The molecule has 40 heavy (non-hydrogen) atoms. The van der Waals surface area contributed by atoms with Crippen molar-refractivity contribution in [3.8, 4) is 5.69 Å². The average Bonchev–Trinajstić information content (AvgIpc) is 3.57. The Morgan fingerprint density at radius 2 is 1.93 bits per heavy atom. The van der Waals surface area contributed by atoms with Crippen LogP contribution in [0.2, 0.25) is 0 Å². The first-order valence-corrected chi connectivity index (χ1v) is 13.5. The lowest BCUT2D eigenvalue weighted by atomic mass is 10.0. The highest BCUT2D eigenvalue weighted by Crippen LogP contribution is 2.28. The number of aryl methyl sites for hydroxylation is 1. The van der Waals surface area contributed by atoms with Crippen molar-refractivity contribution in [2.24, 2.45) is 18.0 Å². The van der Waals surface area contributed by atoms with Gasteiger partial charge in [0.2, 0.25) is 0 Å². The number of fused-ring (bicyclic) bond motifs is 1. The van der Waals surface area contributed by atoms with E-state index in [1.165, 1.54) is 42.7 Å². The van der Waals surface area contributed by atoms with Gasteiger partial charge in [-0.05, 0) is 49.4 Å². The van der Waals surface area contributed by atoms with Crippen LogP contribution >= 0.6 is 0 Å². The molecule has 0 radical (unpaired) electrons. The Hall–Kier alpha value is -4.79. The van der Waals surface area contributed by atoms with Gasteiger partial charge >= 0.3 is 0 Å². The van der Waals surface area contributed by atoms with Gasteiger partial charge in [-0.15, -0.1) is 0 Å². The first kappa shape index (κ1) is 26.8. The topological polar surface area (TPSA) is 120 Å². The average molecular weight is 536 g/mol. The number of benzene rings is 2. The van der Waals surface area contributed by atoms with E-state index < -0.39 is 11.9 Å². The number of nitrogens with one attached hydrogen (secondary N) is 1. The van der Waals surface area contributed by atoms with Gasteiger partial charge in [0.15, 0.2) is 11.6 Å². The molecule has 9 nitrogen and oxygen atoms in total. The minimum absolute atomic E-state index is 0.0500. The molecular formula is C31H33N7O2. The van der Waals surface area contributed by atoms with Crippen LogP contribution in [0.15, 0.2) is 77.0 Å². The summed E-state index contributed by atoms with van der Waals surface area (Å²) in [6, 6.07) is 14.4. The Morgan fingerprint density at radius 3 is 2.65 bits per heavy atom. The molecule has 2 aromatic carbocycles. The van der Waals surface area contributed by atoms with Crippen LogP contribution in [0.5, 0.6) is 0 Å². The summed E-state index contributed by atoms with van der Waals surface area (Å²) in [6.45, 7) is 5.41. The van der Waals surface area contributed by atoms with Gasteiger partial charge in [-0.2, -0.15) is 5.10 Å². The molecular weight excluding hydrogens is 502 g/mol. The van der Waals surface area contributed by atoms with Gasteiger partial charge in [0.1, 0.15) is 11.4 Å². The number of nitrogens with zero attached hydrogens (tertiary/aromatic N) is 5. The first-order valence-electron chi connectivity index (χ1n) is 13.5. The highest BCUT2D eigenvalue weighted by molar-refractivity contribution is 6.03. The van der Waals surface area contributed by atoms with Crippen LogP contribution in [-0.4, -0.2) is 31.5 Å². The monoisotopic (exact) mass is 535 g/mol. The molecule has 9 heteroatoms. The first-order chi connectivity index (χ1) is 19.4. The van der Waals surface area contributed by atoms with Crippen molar-refractivity contribution in [2.45, 2.75) is 38.6 Å². The number of aromatic nitrogens is 4. The Balaban J connectivity index is 1.60. The van der Waals surface area contributed by atoms with Gasteiger partial charge in [0.25, 0.3) is 11.5 Å². The molecule has 5 rings (SSSR count). The summed E-state index contributed by atoms with van der Waals surface area (Å²) in [4.78, 5) is 36.8. The number of aliphatic imine (C=N–C) groups is 1. The second-order valence-electron chi connectivity index (χ2n) is 10.0. The number of para-hydroxylation sites is 1. The zero-order chi connectivity index (χ0) is 28.2. The maximum absolute atomic E-state index is 14.2. The molecule has 0 spiro atoms. The summed E-state index contributed by atoms with van der Waals surface area (Å²) >= 11 is 0. The molecule has 0 aliphatic heterocycles. The summed E-state index contributed by atoms with van der Waals surface area (Å²) in [6.07, 6.45) is 12.1. The Kier molecular flexibility index (Phi) is 7.72. The van der Waals surface area contributed by atoms with E-state index in [0.29, 0.717) is 34.2 Å². The largest absolute Gasteiger partial charge is 0.381 e. The number of carbonyl (C=O) groups excluding carboxylic acids is 1. The standard InChI is InChI=1S/C31H33N7O2/c1-4-19-33-29-26(27(32)36-37(29)3)30(39)34-20(2)28-35-24-16-10-13-22(18-17-21-11-8-9-12-21)25(24)31(40)38(28)23-14-6-5-7-15-23/h4-7,10,13-21H,1,8-9,11-12H2,2-3H3,(H2,32,36)(H,34,39)/b18-17+,33-19-. The molecule has 204 valence electrons. The molecule has 1 saturated carbocycles. The zero-order valence-corrected chi connectivity index (χ0v) is 22.7. The Bertz CT molecular complexity index is 1680. The predicted molar refractivity (Wildman–Crippen MR) is 160 cm³/mol. The molecule has 1 amide bonds. The third-order valence-corrected chi connectivity index (χ3v) is 7.23. The molecule has 4 aromatic rings. The van der Waals surface area contributed by atoms with Crippen LogP contribution < -0.4 is 16.6 Å². The number of nitrogen functional groups attached to an aromatic ring is 1. The van der Waals surface area contributed by atoms with Crippen molar-refractivity contribution in [2.75, 3.05) is 5.73 Å². The maximum atomic E-state index is 14.2. The smallest absolute Gasteiger partial charge is 0.266 e. The molecule has 1 unspecified atom stereocenters. The van der Waals surface area contributed by atoms with E-state index in [1.807, 2.05) is 48.5 Å². The van der Waals surface area contributed by atoms with Crippen LogP contribution in [0.4, 0.5) is 11.6 Å². The molecule has 1 atom stereocenters. The SMILES string of the molecule is C=C/C=N\c1c(C(=O)NC(C)c2nc3cccc(/C=C/C4CCCC4)c3c(=O)n2-c2ccccc2)c(N)nn1C. The van der Waals surface area contributed by atoms with Crippen LogP contribution in [0, 0.1) is 5.92 Å². The van der Waals surface area contributed by atoms with E-state index in [9.17, 15) is 9.59 Å². The number of hydrogen-bond donors (Lipinski definition) is 2. The number of amides is 1. The summed E-state index contributed by atoms with van der Waals surface area (Å²) in [7, 11) is 1.66. The highest BCUT2D eigenvalue weighted by atomic mass is 16.2. The molecule has 1 aliphatic rings. The predicted octanol–water partition coefficient (Wildman–Crippen LogP) is 5.28. The number of allylic oxidation sites excluding steroid dienone is 2. The molecule has 1 aliphatic carbocycles. The van der Waals surface area contributed by atoms with Gasteiger partial charge in [0.05, 0.1) is 22.6 Å². The quantitative estimate of drug-likeness (QED) is 0.297. The second-order valence-corrected chi connectivity index (χ2v) is 10.0. The van der Waals surface area contributed by atoms with Crippen molar-refractivity contribution in [1.29, 1.82) is 0 Å². The van der Waals surface area contributed by atoms with E-state index in [1.54, 1.807) is 18.5 Å². The van der Waals surface area contributed by atoms with Gasteiger partial charge < -0.3 is 11.1 Å². The van der Waals surface area contributed by atoms with Gasteiger partial charge in [-0.3, -0.25) is 14.2 Å². The molecule has 2 aromatic heterocycles. The minimum atomic E-state index is -0.654. The fraction of sp³-hybridized carbons (Fsp3) is 0.258. The molecule has 2 heterocycles. The van der Waals surface area contributed by atoms with Crippen LogP contribution in [0.3, 0.4) is 0 Å². The molecule has 0 saturated heterocycles. The lowest BCUT2D eigenvalue weighted by molar-refractivity contribution is 0.0939. The third-order valence-electron chi connectivity index (χ3n) is 7.23. The number of carbonyl (C=O) groups is 1. The Morgan fingerprint density at radius 1 is 1.18 bits per heavy atom. The van der Waals surface area contributed by atoms with E-state index in [0.717, 1.165) is 5.56 Å². The second kappa shape index (κ2) is 11.5. The van der Waals surface area contributed by atoms with Crippen molar-refractivity contribution in [3.05, 3.63) is 94.6 Å². The number of hydrogen-bond acceptors (Lipinski definition) is 6. The van der Waals surface area contributed by atoms with E-state index >= 15 is 0 Å². The zero-order valence-electron chi connectivity index (χ0n) is 22.7. The number of nitrogens with two attached hydrogens (primary N) is 1. The fourth-order valence-corrected chi connectivity index (χ4v) is 5.28. The number of rotatable bonds is 8. The highest BCUT2D eigenvalue weighted by Gasteiger charge is 2.25. The molecule has 1 fully saturated rings. The normalized spacial score (nSPS) is 14.8. The van der Waals surface area contributed by atoms with Crippen LogP contribution in [0.25, 0.3) is 22.7 Å². The maximum Gasteiger partial charge on any atom is 0.266 e. The van der Waals surface area contributed by atoms with E-state index in [-0.39, 0.29) is 16.9 Å². The van der Waals surface area contributed by atoms with E-state index in [2.05, 4.69) is 34.1 Å². The van der Waals surface area contributed by atoms with E-state index in [4.69, 9.17) is 10.7 Å². The summed E-state index contributed by atoms with van der Waals surface area (Å²) < 4.78 is 3.01.